The highest BCUT2D eigenvalue weighted by Gasteiger charge is 2.10. The maximum atomic E-state index is 11.7. The molecule has 0 aliphatic rings. The van der Waals surface area contributed by atoms with E-state index in [0.29, 0.717) is 22.8 Å². The Morgan fingerprint density at radius 2 is 1.76 bits per heavy atom. The number of ether oxygens (including phenoxy) is 3. The summed E-state index contributed by atoms with van der Waals surface area (Å²) in [5, 5.41) is 8.68. The number of nitrogens with zero attached hydrogens (tertiary/aromatic N) is 1. The molecule has 5 nitrogen and oxygen atoms in total. The average Bonchev–Trinajstić information content (AvgIpc) is 2.54. The van der Waals surface area contributed by atoms with Crippen LogP contribution in [0.4, 0.5) is 0 Å². The third-order valence-corrected chi connectivity index (χ3v) is 2.63. The van der Waals surface area contributed by atoms with Gasteiger partial charge in [-0.25, -0.2) is 4.79 Å². The lowest BCUT2D eigenvalue weighted by molar-refractivity contribution is -0.136. The highest BCUT2D eigenvalue weighted by molar-refractivity contribution is 5.74. The third-order valence-electron chi connectivity index (χ3n) is 2.63. The van der Waals surface area contributed by atoms with Gasteiger partial charge in [-0.05, 0) is 36.4 Å². The molecule has 21 heavy (non-hydrogen) atoms. The minimum absolute atomic E-state index is 0.232. The zero-order chi connectivity index (χ0) is 15.1. The highest BCUT2D eigenvalue weighted by Crippen LogP contribution is 2.25. The standard InChI is InChI=1S/C16H13NO4/c1-19-14-4-2-3-5-15(14)21-16(18)11-20-13-8-6-12(10-17)7-9-13/h2-9H,11H2,1H3. The molecule has 0 atom stereocenters. The van der Waals surface area contributed by atoms with E-state index in [9.17, 15) is 4.79 Å². The molecule has 0 unspecified atom stereocenters. The molecule has 2 aromatic rings. The van der Waals surface area contributed by atoms with Crippen molar-refractivity contribution in [3.63, 3.8) is 0 Å². The van der Waals surface area contributed by atoms with Gasteiger partial charge in [0.25, 0.3) is 0 Å². The zero-order valence-electron chi connectivity index (χ0n) is 11.4. The van der Waals surface area contributed by atoms with Crippen molar-refractivity contribution in [1.82, 2.24) is 0 Å². The molecular formula is C16H13NO4. The van der Waals surface area contributed by atoms with Crippen molar-refractivity contribution in [1.29, 1.82) is 5.26 Å². The van der Waals surface area contributed by atoms with E-state index in [0.717, 1.165) is 0 Å². The van der Waals surface area contributed by atoms with Gasteiger partial charge in [0.15, 0.2) is 18.1 Å². The topological polar surface area (TPSA) is 68.6 Å². The van der Waals surface area contributed by atoms with Crippen LogP contribution in [0, 0.1) is 11.3 Å². The van der Waals surface area contributed by atoms with Gasteiger partial charge >= 0.3 is 5.97 Å². The summed E-state index contributed by atoms with van der Waals surface area (Å²) < 4.78 is 15.5. The number of benzene rings is 2. The van der Waals surface area contributed by atoms with E-state index in [1.165, 1.54) is 7.11 Å². The molecular weight excluding hydrogens is 270 g/mol. The number of nitriles is 1. The summed E-state index contributed by atoms with van der Waals surface area (Å²) in [6.07, 6.45) is 0. The van der Waals surface area contributed by atoms with Gasteiger partial charge in [0.05, 0.1) is 18.7 Å². The number of rotatable bonds is 5. The van der Waals surface area contributed by atoms with Crippen LogP contribution in [0.5, 0.6) is 17.2 Å². The van der Waals surface area contributed by atoms with Crippen molar-refractivity contribution in [2.45, 2.75) is 0 Å². The maximum Gasteiger partial charge on any atom is 0.349 e. The second kappa shape index (κ2) is 6.96. The summed E-state index contributed by atoms with van der Waals surface area (Å²) in [4.78, 5) is 11.7. The van der Waals surface area contributed by atoms with Crippen molar-refractivity contribution in [2.24, 2.45) is 0 Å². The van der Waals surface area contributed by atoms with Crippen LogP contribution in [0.2, 0.25) is 0 Å². The molecule has 0 saturated heterocycles. The van der Waals surface area contributed by atoms with Crippen LogP contribution in [0.25, 0.3) is 0 Å². The third kappa shape index (κ3) is 3.98. The Morgan fingerprint density at radius 3 is 2.38 bits per heavy atom. The van der Waals surface area contributed by atoms with Crippen molar-refractivity contribution < 1.29 is 19.0 Å². The SMILES string of the molecule is COc1ccccc1OC(=O)COc1ccc(C#N)cc1. The fraction of sp³-hybridized carbons (Fsp3) is 0.125. The summed E-state index contributed by atoms with van der Waals surface area (Å²) in [5.74, 6) is 0.771. The first kappa shape index (κ1) is 14.4. The molecule has 2 rings (SSSR count). The Bertz CT molecular complexity index is 659. The van der Waals surface area contributed by atoms with Crippen LogP contribution in [-0.4, -0.2) is 19.7 Å². The largest absolute Gasteiger partial charge is 0.493 e. The number of esters is 1. The Kier molecular flexibility index (Phi) is 4.78. The first-order valence-corrected chi connectivity index (χ1v) is 6.19. The van der Waals surface area contributed by atoms with Crippen molar-refractivity contribution in [3.05, 3.63) is 54.1 Å². The van der Waals surface area contributed by atoms with Gasteiger partial charge in [-0.1, -0.05) is 12.1 Å². The smallest absolute Gasteiger partial charge is 0.349 e. The van der Waals surface area contributed by atoms with E-state index in [1.54, 1.807) is 48.5 Å². The zero-order valence-corrected chi connectivity index (χ0v) is 11.4. The van der Waals surface area contributed by atoms with Gasteiger partial charge in [0.1, 0.15) is 5.75 Å². The maximum absolute atomic E-state index is 11.7. The van der Waals surface area contributed by atoms with E-state index in [4.69, 9.17) is 19.5 Å². The average molecular weight is 283 g/mol. The second-order valence-corrected chi connectivity index (χ2v) is 4.05. The quantitative estimate of drug-likeness (QED) is 0.623. The molecule has 0 aliphatic carbocycles. The molecule has 0 spiro atoms. The summed E-state index contributed by atoms with van der Waals surface area (Å²) in [6.45, 7) is -0.232. The van der Waals surface area contributed by atoms with Crippen LogP contribution in [0.3, 0.4) is 0 Å². The summed E-state index contributed by atoms with van der Waals surface area (Å²) >= 11 is 0. The second-order valence-electron chi connectivity index (χ2n) is 4.05. The van der Waals surface area contributed by atoms with E-state index in [1.807, 2.05) is 6.07 Å². The minimum atomic E-state index is -0.538. The fourth-order valence-electron chi connectivity index (χ4n) is 1.62. The lowest BCUT2D eigenvalue weighted by Gasteiger charge is -2.09. The number of methoxy groups -OCH3 is 1. The van der Waals surface area contributed by atoms with Crippen molar-refractivity contribution in [2.75, 3.05) is 13.7 Å². The molecule has 0 saturated carbocycles. The first-order chi connectivity index (χ1) is 10.2. The number of hydrogen-bond donors (Lipinski definition) is 0. The number of para-hydroxylation sites is 2. The molecule has 0 amide bonds. The molecule has 0 N–H and O–H groups in total. The minimum Gasteiger partial charge on any atom is -0.493 e. The monoisotopic (exact) mass is 283 g/mol. The molecule has 5 heteroatoms. The van der Waals surface area contributed by atoms with E-state index < -0.39 is 5.97 Å². The molecule has 0 heterocycles. The van der Waals surface area contributed by atoms with E-state index >= 15 is 0 Å². The van der Waals surface area contributed by atoms with Crippen molar-refractivity contribution in [3.8, 4) is 23.3 Å². The van der Waals surface area contributed by atoms with Gasteiger partial charge in [-0.3, -0.25) is 0 Å². The number of carbonyl (C=O) groups is 1. The Balaban J connectivity index is 1.91. The van der Waals surface area contributed by atoms with Gasteiger partial charge in [-0.2, -0.15) is 5.26 Å². The summed E-state index contributed by atoms with van der Waals surface area (Å²) in [6, 6.07) is 15.3. The van der Waals surface area contributed by atoms with Crippen LogP contribution < -0.4 is 14.2 Å². The molecule has 0 radical (unpaired) electrons. The lowest BCUT2D eigenvalue weighted by atomic mass is 10.2. The molecule has 0 aromatic heterocycles. The molecule has 0 bridgehead atoms. The van der Waals surface area contributed by atoms with Gasteiger partial charge in [0, 0.05) is 0 Å². The lowest BCUT2D eigenvalue weighted by Crippen LogP contribution is -2.18. The highest BCUT2D eigenvalue weighted by atomic mass is 16.6. The molecule has 0 fully saturated rings. The Hall–Kier alpha value is -3.00. The number of hydrogen-bond acceptors (Lipinski definition) is 5. The van der Waals surface area contributed by atoms with Crippen molar-refractivity contribution >= 4 is 5.97 Å². The van der Waals surface area contributed by atoms with Crippen LogP contribution in [0.1, 0.15) is 5.56 Å². The van der Waals surface area contributed by atoms with E-state index in [-0.39, 0.29) is 6.61 Å². The normalized spacial score (nSPS) is 9.52. The van der Waals surface area contributed by atoms with Gasteiger partial charge in [0.2, 0.25) is 0 Å². The van der Waals surface area contributed by atoms with Gasteiger partial charge in [-0.15, -0.1) is 0 Å². The Labute approximate surface area is 122 Å². The molecule has 106 valence electrons. The first-order valence-electron chi connectivity index (χ1n) is 6.19. The van der Waals surface area contributed by atoms with Gasteiger partial charge < -0.3 is 14.2 Å². The summed E-state index contributed by atoms with van der Waals surface area (Å²) in [5.41, 5.74) is 0.527. The van der Waals surface area contributed by atoms with Crippen LogP contribution in [-0.2, 0) is 4.79 Å². The number of carbonyl (C=O) groups excluding carboxylic acids is 1. The summed E-state index contributed by atoms with van der Waals surface area (Å²) in [7, 11) is 1.50. The van der Waals surface area contributed by atoms with Crippen LogP contribution in [0.15, 0.2) is 48.5 Å². The predicted molar refractivity (Wildman–Crippen MR) is 75.3 cm³/mol. The molecule has 0 aliphatic heterocycles. The predicted octanol–water partition coefficient (Wildman–Crippen LogP) is 2.55. The Morgan fingerprint density at radius 1 is 1.10 bits per heavy atom. The van der Waals surface area contributed by atoms with Crippen LogP contribution >= 0.6 is 0 Å². The van der Waals surface area contributed by atoms with E-state index in [2.05, 4.69) is 0 Å². The fourth-order valence-corrected chi connectivity index (χ4v) is 1.62. The molecule has 2 aromatic carbocycles.